The minimum Gasteiger partial charge on any atom is -0.485 e. The monoisotopic (exact) mass is 395 g/mol. The average molecular weight is 395 g/mol. The summed E-state index contributed by atoms with van der Waals surface area (Å²) in [6.45, 7) is 1.22. The molecule has 0 unspecified atom stereocenters. The van der Waals surface area contributed by atoms with Gasteiger partial charge in [-0.25, -0.2) is 4.79 Å². The van der Waals surface area contributed by atoms with Crippen molar-refractivity contribution in [2.75, 3.05) is 11.9 Å². The zero-order chi connectivity index (χ0) is 20.3. The SMILES string of the molecule is C[C@H](OC(=O)[C@@H]1COc2ccccc2O1)C(=O)Nc1cccc(C(F)(F)F)c1. The standard InChI is InChI=1S/C19H16F3NO5/c1-11(17(24)23-13-6-4-5-12(9-13)19(20,21)22)27-18(25)16-10-26-14-7-2-3-8-15(14)28-16/h2-9,11,16H,10H2,1H3,(H,23,24)/t11-,16-/m0/s1. The number of hydrogen-bond donors (Lipinski definition) is 1. The smallest absolute Gasteiger partial charge is 0.416 e. The number of alkyl halides is 3. The van der Waals surface area contributed by atoms with Crippen LogP contribution in [0.3, 0.4) is 0 Å². The second kappa shape index (κ2) is 7.79. The Balaban J connectivity index is 1.58. The Hall–Kier alpha value is -3.23. The molecule has 2 aromatic carbocycles. The van der Waals surface area contributed by atoms with Crippen LogP contribution in [0.5, 0.6) is 11.5 Å². The predicted octanol–water partition coefficient (Wildman–Crippen LogP) is 3.42. The van der Waals surface area contributed by atoms with Gasteiger partial charge in [-0.05, 0) is 37.3 Å². The second-order valence-electron chi connectivity index (χ2n) is 6.01. The second-order valence-corrected chi connectivity index (χ2v) is 6.01. The zero-order valence-electron chi connectivity index (χ0n) is 14.7. The molecule has 1 N–H and O–H groups in total. The van der Waals surface area contributed by atoms with Crippen molar-refractivity contribution in [1.29, 1.82) is 0 Å². The van der Waals surface area contributed by atoms with Gasteiger partial charge in [-0.15, -0.1) is 0 Å². The summed E-state index contributed by atoms with van der Waals surface area (Å²) in [4.78, 5) is 24.4. The molecule has 28 heavy (non-hydrogen) atoms. The van der Waals surface area contributed by atoms with Crippen LogP contribution in [0.4, 0.5) is 18.9 Å². The largest absolute Gasteiger partial charge is 0.485 e. The molecule has 0 saturated carbocycles. The summed E-state index contributed by atoms with van der Waals surface area (Å²) in [5, 5.41) is 2.29. The molecule has 0 radical (unpaired) electrons. The van der Waals surface area contributed by atoms with Gasteiger partial charge >= 0.3 is 12.1 Å². The Bertz CT molecular complexity index is 884. The molecule has 3 rings (SSSR count). The summed E-state index contributed by atoms with van der Waals surface area (Å²) in [6, 6.07) is 10.9. The summed E-state index contributed by atoms with van der Waals surface area (Å²) in [5.74, 6) is -0.732. The van der Waals surface area contributed by atoms with Crippen LogP contribution in [0.1, 0.15) is 12.5 Å². The van der Waals surface area contributed by atoms with Crippen LogP contribution in [0.25, 0.3) is 0 Å². The molecular formula is C19H16F3NO5. The summed E-state index contributed by atoms with van der Waals surface area (Å²) in [5.41, 5.74) is -0.963. The lowest BCUT2D eigenvalue weighted by Crippen LogP contribution is -2.41. The van der Waals surface area contributed by atoms with Gasteiger partial charge in [-0.1, -0.05) is 18.2 Å². The average Bonchev–Trinajstić information content (AvgIpc) is 2.67. The molecule has 0 aromatic heterocycles. The number of rotatable bonds is 4. The quantitative estimate of drug-likeness (QED) is 0.804. The van der Waals surface area contributed by atoms with Crippen molar-refractivity contribution in [1.82, 2.24) is 0 Å². The Labute approximate surface area is 158 Å². The van der Waals surface area contributed by atoms with Gasteiger partial charge in [-0.3, -0.25) is 4.79 Å². The molecule has 0 aliphatic carbocycles. The van der Waals surface area contributed by atoms with E-state index in [9.17, 15) is 22.8 Å². The number of benzene rings is 2. The minimum atomic E-state index is -4.53. The maximum absolute atomic E-state index is 12.7. The molecule has 0 saturated heterocycles. The van der Waals surface area contributed by atoms with E-state index in [1.807, 2.05) is 0 Å². The van der Waals surface area contributed by atoms with Crippen molar-refractivity contribution in [3.63, 3.8) is 0 Å². The Morgan fingerprint density at radius 1 is 1.14 bits per heavy atom. The first-order valence-electron chi connectivity index (χ1n) is 8.31. The van der Waals surface area contributed by atoms with Gasteiger partial charge in [0.25, 0.3) is 5.91 Å². The van der Waals surface area contributed by atoms with Gasteiger partial charge in [-0.2, -0.15) is 13.2 Å². The van der Waals surface area contributed by atoms with Crippen LogP contribution in [0.2, 0.25) is 0 Å². The highest BCUT2D eigenvalue weighted by molar-refractivity contribution is 5.95. The van der Waals surface area contributed by atoms with Gasteiger partial charge < -0.3 is 19.5 Å². The molecule has 0 fully saturated rings. The van der Waals surface area contributed by atoms with Crippen LogP contribution in [0.15, 0.2) is 48.5 Å². The fourth-order valence-corrected chi connectivity index (χ4v) is 2.46. The number of esters is 1. The summed E-state index contributed by atoms with van der Waals surface area (Å²) in [6.07, 6.45) is -6.84. The first kappa shape index (κ1) is 19.5. The molecule has 1 aliphatic heterocycles. The van der Waals surface area contributed by atoms with Crippen LogP contribution in [0, 0.1) is 0 Å². The number of ether oxygens (including phenoxy) is 3. The molecule has 1 aliphatic rings. The van der Waals surface area contributed by atoms with Gasteiger partial charge in [0.2, 0.25) is 6.10 Å². The van der Waals surface area contributed by atoms with E-state index in [4.69, 9.17) is 14.2 Å². The van der Waals surface area contributed by atoms with Gasteiger partial charge in [0.15, 0.2) is 17.6 Å². The Kier molecular flexibility index (Phi) is 5.43. The van der Waals surface area contributed by atoms with E-state index in [1.54, 1.807) is 24.3 Å². The highest BCUT2D eigenvalue weighted by Crippen LogP contribution is 2.32. The fraction of sp³-hybridized carbons (Fsp3) is 0.263. The number of fused-ring (bicyclic) bond motifs is 1. The topological polar surface area (TPSA) is 73.9 Å². The molecular weight excluding hydrogens is 379 g/mol. The van der Waals surface area contributed by atoms with E-state index in [-0.39, 0.29) is 12.3 Å². The Morgan fingerprint density at radius 3 is 2.57 bits per heavy atom. The summed E-state index contributed by atoms with van der Waals surface area (Å²) in [7, 11) is 0. The molecule has 0 bridgehead atoms. The molecule has 6 nitrogen and oxygen atoms in total. The summed E-state index contributed by atoms with van der Waals surface area (Å²) < 4.78 is 54.2. The maximum atomic E-state index is 12.7. The zero-order valence-corrected chi connectivity index (χ0v) is 14.7. The Morgan fingerprint density at radius 2 is 1.86 bits per heavy atom. The van der Waals surface area contributed by atoms with Crippen LogP contribution >= 0.6 is 0 Å². The first-order valence-corrected chi connectivity index (χ1v) is 8.31. The lowest BCUT2D eigenvalue weighted by atomic mass is 10.2. The van der Waals surface area contributed by atoms with Crippen molar-refractivity contribution < 1.29 is 37.0 Å². The fourth-order valence-electron chi connectivity index (χ4n) is 2.46. The summed E-state index contributed by atoms with van der Waals surface area (Å²) >= 11 is 0. The lowest BCUT2D eigenvalue weighted by Gasteiger charge is -2.25. The first-order chi connectivity index (χ1) is 13.2. The van der Waals surface area contributed by atoms with Gasteiger partial charge in [0, 0.05) is 5.69 Å². The number of carbonyl (C=O) groups excluding carboxylic acids is 2. The number of anilines is 1. The molecule has 9 heteroatoms. The molecule has 1 amide bonds. The van der Waals surface area contributed by atoms with Crippen LogP contribution in [-0.2, 0) is 20.5 Å². The molecule has 1 heterocycles. The highest BCUT2D eigenvalue weighted by Gasteiger charge is 2.32. The van der Waals surface area contributed by atoms with Crippen molar-refractivity contribution >= 4 is 17.6 Å². The third kappa shape index (κ3) is 4.54. The van der Waals surface area contributed by atoms with E-state index < -0.39 is 35.8 Å². The normalized spacial score (nSPS) is 16.8. The third-order valence-corrected chi connectivity index (χ3v) is 3.89. The van der Waals surface area contributed by atoms with Crippen molar-refractivity contribution in [2.45, 2.75) is 25.3 Å². The number of hydrogen-bond acceptors (Lipinski definition) is 5. The predicted molar refractivity (Wildman–Crippen MR) is 92.0 cm³/mol. The van der Waals surface area contributed by atoms with Gasteiger partial charge in [0.05, 0.1) is 5.56 Å². The van der Waals surface area contributed by atoms with Crippen LogP contribution in [-0.4, -0.2) is 30.7 Å². The minimum absolute atomic E-state index is 0.0612. The third-order valence-electron chi connectivity index (χ3n) is 3.89. The van der Waals surface area contributed by atoms with E-state index >= 15 is 0 Å². The highest BCUT2D eigenvalue weighted by atomic mass is 19.4. The maximum Gasteiger partial charge on any atom is 0.416 e. The van der Waals surface area contributed by atoms with E-state index in [2.05, 4.69) is 5.32 Å². The van der Waals surface area contributed by atoms with Crippen molar-refractivity contribution in [3.05, 3.63) is 54.1 Å². The number of amides is 1. The van der Waals surface area contributed by atoms with Gasteiger partial charge in [0.1, 0.15) is 6.61 Å². The number of para-hydroxylation sites is 2. The lowest BCUT2D eigenvalue weighted by molar-refractivity contribution is -0.162. The number of nitrogens with one attached hydrogen (secondary N) is 1. The molecule has 2 aromatic rings. The number of carbonyl (C=O) groups is 2. The van der Waals surface area contributed by atoms with E-state index in [1.165, 1.54) is 19.1 Å². The van der Waals surface area contributed by atoms with Crippen LogP contribution < -0.4 is 14.8 Å². The van der Waals surface area contributed by atoms with E-state index in [0.29, 0.717) is 11.5 Å². The van der Waals surface area contributed by atoms with Crippen molar-refractivity contribution in [2.24, 2.45) is 0 Å². The van der Waals surface area contributed by atoms with Crippen molar-refractivity contribution in [3.8, 4) is 11.5 Å². The van der Waals surface area contributed by atoms with E-state index in [0.717, 1.165) is 12.1 Å². The molecule has 0 spiro atoms. The molecule has 148 valence electrons. The molecule has 2 atom stereocenters. The number of halogens is 3.